The molecule has 0 bridgehead atoms. The molecule has 0 spiro atoms. The molecular formula is C21H16LiP. The van der Waals surface area contributed by atoms with E-state index < -0.39 is 7.92 Å². The summed E-state index contributed by atoms with van der Waals surface area (Å²) in [5, 5.41) is 6.96. The monoisotopic (exact) mass is 306 g/mol. The molecule has 106 valence electrons. The second-order valence-electron chi connectivity index (χ2n) is 5.31. The van der Waals surface area contributed by atoms with Gasteiger partial charge in [-0.15, -0.1) is 35.0 Å². The van der Waals surface area contributed by atoms with Crippen LogP contribution in [-0.4, -0.2) is 0 Å². The van der Waals surface area contributed by atoms with Crippen LogP contribution in [0.25, 0.3) is 10.8 Å². The molecule has 0 aliphatic carbocycles. The van der Waals surface area contributed by atoms with Crippen molar-refractivity contribution in [2.75, 3.05) is 0 Å². The zero-order valence-corrected chi connectivity index (χ0v) is 14.1. The van der Waals surface area contributed by atoms with Crippen molar-refractivity contribution in [2.45, 2.75) is 0 Å². The van der Waals surface area contributed by atoms with Gasteiger partial charge in [-0.1, -0.05) is 80.0 Å². The summed E-state index contributed by atoms with van der Waals surface area (Å²) in [7, 11) is -0.509. The summed E-state index contributed by atoms with van der Waals surface area (Å²) >= 11 is 0. The van der Waals surface area contributed by atoms with Crippen LogP contribution < -0.4 is 34.8 Å². The molecule has 4 rings (SSSR count). The standard InChI is InChI=1S/C21H16P.Li/c1-3-10-18(11-4-1)22(19-12-5-2-6-13-19)21-16-15-17-9-7-8-14-20(17)21;/h1-16H;/q-1;+1. The minimum absolute atomic E-state index is 0. The summed E-state index contributed by atoms with van der Waals surface area (Å²) in [5.74, 6) is 0. The number of hydrogen-bond donors (Lipinski definition) is 0. The second kappa shape index (κ2) is 7.25. The summed E-state index contributed by atoms with van der Waals surface area (Å²) in [6.07, 6.45) is 0. The van der Waals surface area contributed by atoms with E-state index in [0.29, 0.717) is 0 Å². The molecule has 0 radical (unpaired) electrons. The Balaban J connectivity index is 0.00000156. The fourth-order valence-corrected chi connectivity index (χ4v) is 5.37. The first-order valence-electron chi connectivity index (χ1n) is 7.48. The molecule has 0 aliphatic rings. The van der Waals surface area contributed by atoms with E-state index in [0.717, 1.165) is 0 Å². The first-order valence-corrected chi connectivity index (χ1v) is 8.82. The third-order valence-electron chi connectivity index (χ3n) is 3.93. The number of benzene rings is 3. The molecule has 0 atom stereocenters. The smallest absolute Gasteiger partial charge is 0.168 e. The van der Waals surface area contributed by atoms with E-state index in [1.165, 1.54) is 26.7 Å². The molecule has 0 unspecified atom stereocenters. The molecular weight excluding hydrogens is 290 g/mol. The van der Waals surface area contributed by atoms with Crippen LogP contribution in [0.1, 0.15) is 0 Å². The third kappa shape index (κ3) is 3.17. The van der Waals surface area contributed by atoms with Crippen LogP contribution in [0.15, 0.2) is 97.1 Å². The predicted molar refractivity (Wildman–Crippen MR) is 98.2 cm³/mol. The van der Waals surface area contributed by atoms with Crippen molar-refractivity contribution >= 4 is 34.6 Å². The zero-order valence-electron chi connectivity index (χ0n) is 13.2. The van der Waals surface area contributed by atoms with Crippen molar-refractivity contribution in [3.63, 3.8) is 0 Å². The Kier molecular flexibility index (Phi) is 5.09. The van der Waals surface area contributed by atoms with Gasteiger partial charge in [-0.3, -0.25) is 0 Å². The van der Waals surface area contributed by atoms with Crippen LogP contribution in [0.4, 0.5) is 0 Å². The van der Waals surface area contributed by atoms with Gasteiger partial charge in [0.2, 0.25) is 0 Å². The summed E-state index contributed by atoms with van der Waals surface area (Å²) in [6.45, 7) is 0. The van der Waals surface area contributed by atoms with Gasteiger partial charge < -0.3 is 0 Å². The van der Waals surface area contributed by atoms with Crippen LogP contribution in [0, 0.1) is 0 Å². The minimum Gasteiger partial charge on any atom is -0.168 e. The van der Waals surface area contributed by atoms with Crippen LogP contribution in [-0.2, 0) is 0 Å². The van der Waals surface area contributed by atoms with Gasteiger partial charge in [-0.05, 0) is 10.6 Å². The Morgan fingerprint density at radius 2 is 1.09 bits per heavy atom. The Morgan fingerprint density at radius 3 is 1.70 bits per heavy atom. The molecule has 0 saturated heterocycles. The molecule has 4 aromatic rings. The van der Waals surface area contributed by atoms with Crippen molar-refractivity contribution < 1.29 is 18.9 Å². The molecule has 0 fully saturated rings. The van der Waals surface area contributed by atoms with Gasteiger partial charge >= 0.3 is 18.9 Å². The number of hydrogen-bond acceptors (Lipinski definition) is 0. The van der Waals surface area contributed by atoms with E-state index in [4.69, 9.17) is 0 Å². The van der Waals surface area contributed by atoms with Gasteiger partial charge in [-0.2, -0.15) is 6.07 Å². The molecule has 0 aliphatic heterocycles. The van der Waals surface area contributed by atoms with E-state index in [1.807, 2.05) is 0 Å². The quantitative estimate of drug-likeness (QED) is 0.304. The largest absolute Gasteiger partial charge is 1.00 e. The molecule has 23 heavy (non-hydrogen) atoms. The average Bonchev–Trinajstić information content (AvgIpc) is 3.01. The topological polar surface area (TPSA) is 0 Å². The maximum atomic E-state index is 2.30. The molecule has 0 N–H and O–H groups in total. The molecule has 0 aromatic heterocycles. The molecule has 2 heteroatoms. The van der Waals surface area contributed by atoms with Crippen molar-refractivity contribution in [3.05, 3.63) is 97.1 Å². The van der Waals surface area contributed by atoms with E-state index in [2.05, 4.69) is 97.1 Å². The van der Waals surface area contributed by atoms with Crippen LogP contribution in [0.3, 0.4) is 0 Å². The SMILES string of the molecule is [Li+].c1ccc(P(c2ccccc2)[c-]2ccc3ccccc32)cc1. The average molecular weight is 306 g/mol. The van der Waals surface area contributed by atoms with Gasteiger partial charge in [0.1, 0.15) is 0 Å². The molecule has 0 amide bonds. The van der Waals surface area contributed by atoms with Gasteiger partial charge in [-0.25, -0.2) is 0 Å². The summed E-state index contributed by atoms with van der Waals surface area (Å²) in [4.78, 5) is 0. The molecule has 0 heterocycles. The van der Waals surface area contributed by atoms with Gasteiger partial charge in [0.15, 0.2) is 0 Å². The number of rotatable bonds is 3. The van der Waals surface area contributed by atoms with Gasteiger partial charge in [0.05, 0.1) is 0 Å². The van der Waals surface area contributed by atoms with Crippen molar-refractivity contribution in [2.24, 2.45) is 0 Å². The first-order chi connectivity index (χ1) is 10.9. The molecule has 4 aromatic carbocycles. The third-order valence-corrected chi connectivity index (χ3v) is 6.43. The van der Waals surface area contributed by atoms with Crippen molar-refractivity contribution in [1.82, 2.24) is 0 Å². The Bertz CT molecular complexity index is 842. The maximum absolute atomic E-state index is 2.30. The Morgan fingerprint density at radius 1 is 0.565 bits per heavy atom. The fraction of sp³-hybridized carbons (Fsp3) is 0. The first kappa shape index (κ1) is 16.2. The van der Waals surface area contributed by atoms with Gasteiger partial charge in [0, 0.05) is 0 Å². The van der Waals surface area contributed by atoms with Crippen molar-refractivity contribution in [3.8, 4) is 0 Å². The Labute approximate surface area is 150 Å². The fourth-order valence-electron chi connectivity index (χ4n) is 2.91. The number of fused-ring (bicyclic) bond motifs is 1. The van der Waals surface area contributed by atoms with Crippen molar-refractivity contribution in [1.29, 1.82) is 0 Å². The second-order valence-corrected chi connectivity index (χ2v) is 7.50. The normalized spacial score (nSPS) is 10.7. The molecule has 0 saturated carbocycles. The predicted octanol–water partition coefficient (Wildman–Crippen LogP) is 1.32. The van der Waals surface area contributed by atoms with E-state index in [-0.39, 0.29) is 18.9 Å². The van der Waals surface area contributed by atoms with Crippen LogP contribution >= 0.6 is 7.92 Å². The minimum atomic E-state index is -0.509. The summed E-state index contributed by atoms with van der Waals surface area (Å²) in [5.41, 5.74) is 0. The molecule has 0 nitrogen and oxygen atoms in total. The summed E-state index contributed by atoms with van der Waals surface area (Å²) in [6, 6.07) is 35.0. The maximum Gasteiger partial charge on any atom is 1.00 e. The van der Waals surface area contributed by atoms with E-state index in [9.17, 15) is 0 Å². The van der Waals surface area contributed by atoms with Crippen LogP contribution in [0.2, 0.25) is 0 Å². The van der Waals surface area contributed by atoms with Crippen LogP contribution in [0.5, 0.6) is 0 Å². The van der Waals surface area contributed by atoms with E-state index >= 15 is 0 Å². The summed E-state index contributed by atoms with van der Waals surface area (Å²) < 4.78 is 0. The Hall–Kier alpha value is -1.70. The van der Waals surface area contributed by atoms with Gasteiger partial charge in [0.25, 0.3) is 0 Å². The zero-order chi connectivity index (χ0) is 14.8. The van der Waals surface area contributed by atoms with E-state index in [1.54, 1.807) is 0 Å².